The number of halogens is 2. The SMILES string of the molecule is CC(C)(C)OC(=O)C1=NN(N=O)C(C(F)F)C1. The number of nitroso groups, excluding NO2 is 1. The Hall–Kier alpha value is -1.60. The van der Waals surface area contributed by atoms with Gasteiger partial charge in [0.15, 0.2) is 0 Å². The smallest absolute Gasteiger partial charge is 0.355 e. The van der Waals surface area contributed by atoms with Crippen molar-refractivity contribution in [2.24, 2.45) is 10.4 Å². The lowest BCUT2D eigenvalue weighted by atomic mass is 10.1. The number of carbonyl (C=O) groups excluding carboxylic acids is 1. The van der Waals surface area contributed by atoms with E-state index in [1.54, 1.807) is 20.8 Å². The minimum absolute atomic E-state index is 0.218. The van der Waals surface area contributed by atoms with E-state index < -0.39 is 24.0 Å². The quantitative estimate of drug-likeness (QED) is 0.563. The molecule has 0 aromatic rings. The van der Waals surface area contributed by atoms with Crippen LogP contribution < -0.4 is 0 Å². The molecule has 0 N–H and O–H groups in total. The molecule has 96 valence electrons. The van der Waals surface area contributed by atoms with Gasteiger partial charge in [-0.15, -0.1) is 15.1 Å². The maximum Gasteiger partial charge on any atom is 0.355 e. The first kappa shape index (κ1) is 13.5. The molecule has 1 atom stereocenters. The van der Waals surface area contributed by atoms with Crippen molar-refractivity contribution in [3.63, 3.8) is 0 Å². The molecule has 0 aromatic heterocycles. The van der Waals surface area contributed by atoms with E-state index in [1.165, 1.54) is 0 Å². The molecule has 0 spiro atoms. The van der Waals surface area contributed by atoms with Gasteiger partial charge in [0.2, 0.25) is 0 Å². The van der Waals surface area contributed by atoms with Crippen LogP contribution in [0.25, 0.3) is 0 Å². The summed E-state index contributed by atoms with van der Waals surface area (Å²) in [5.74, 6) is -0.811. The number of alkyl halides is 2. The van der Waals surface area contributed by atoms with Crippen molar-refractivity contribution in [1.82, 2.24) is 5.12 Å². The molecule has 0 aromatic carbocycles. The molecule has 1 aliphatic rings. The molecule has 0 saturated heterocycles. The molecule has 0 saturated carbocycles. The van der Waals surface area contributed by atoms with E-state index in [-0.39, 0.29) is 12.1 Å². The largest absolute Gasteiger partial charge is 0.455 e. The maximum atomic E-state index is 12.5. The molecule has 6 nitrogen and oxygen atoms in total. The van der Waals surface area contributed by atoms with Crippen molar-refractivity contribution in [2.45, 2.75) is 45.3 Å². The highest BCUT2D eigenvalue weighted by atomic mass is 19.3. The molecule has 0 bridgehead atoms. The van der Waals surface area contributed by atoms with Crippen LogP contribution in [-0.2, 0) is 9.53 Å². The van der Waals surface area contributed by atoms with Crippen LogP contribution in [0.5, 0.6) is 0 Å². The highest BCUT2D eigenvalue weighted by Gasteiger charge is 2.39. The second-order valence-electron chi connectivity index (χ2n) is 4.56. The molecule has 1 heterocycles. The van der Waals surface area contributed by atoms with Crippen LogP contribution in [0.1, 0.15) is 27.2 Å². The van der Waals surface area contributed by atoms with Gasteiger partial charge in [0, 0.05) is 6.42 Å². The Kier molecular flexibility index (Phi) is 3.74. The van der Waals surface area contributed by atoms with Gasteiger partial charge in [0.1, 0.15) is 17.4 Å². The van der Waals surface area contributed by atoms with Crippen LogP contribution in [0.2, 0.25) is 0 Å². The summed E-state index contributed by atoms with van der Waals surface area (Å²) >= 11 is 0. The highest BCUT2D eigenvalue weighted by molar-refractivity contribution is 6.37. The topological polar surface area (TPSA) is 71.3 Å². The number of hydrogen-bond donors (Lipinski definition) is 0. The first-order valence-electron chi connectivity index (χ1n) is 4.96. The van der Waals surface area contributed by atoms with Crippen molar-refractivity contribution in [2.75, 3.05) is 0 Å². The Balaban J connectivity index is 2.74. The summed E-state index contributed by atoms with van der Waals surface area (Å²) < 4.78 is 29.9. The van der Waals surface area contributed by atoms with Crippen LogP contribution in [0.3, 0.4) is 0 Å². The number of hydrazone groups is 1. The summed E-state index contributed by atoms with van der Waals surface area (Å²) in [5, 5.41) is 6.05. The first-order valence-corrected chi connectivity index (χ1v) is 4.96. The lowest BCUT2D eigenvalue weighted by molar-refractivity contribution is -0.146. The van der Waals surface area contributed by atoms with E-state index in [2.05, 4.69) is 10.4 Å². The van der Waals surface area contributed by atoms with E-state index >= 15 is 0 Å². The van der Waals surface area contributed by atoms with Gasteiger partial charge in [-0.25, -0.2) is 13.6 Å². The normalized spacial score (nSPS) is 20.5. The predicted octanol–water partition coefficient (Wildman–Crippen LogP) is 1.70. The number of nitrogens with zero attached hydrogens (tertiary/aromatic N) is 3. The molecule has 1 unspecified atom stereocenters. The van der Waals surface area contributed by atoms with E-state index in [0.717, 1.165) is 0 Å². The van der Waals surface area contributed by atoms with Crippen molar-refractivity contribution in [3.05, 3.63) is 4.91 Å². The maximum absolute atomic E-state index is 12.5. The van der Waals surface area contributed by atoms with Crippen LogP contribution in [0, 0.1) is 4.91 Å². The molecule has 17 heavy (non-hydrogen) atoms. The summed E-state index contributed by atoms with van der Waals surface area (Å²) in [7, 11) is 0. The molecule has 0 radical (unpaired) electrons. The highest BCUT2D eigenvalue weighted by Crippen LogP contribution is 2.23. The Bertz CT molecular complexity index is 352. The lowest BCUT2D eigenvalue weighted by Gasteiger charge is -2.19. The van der Waals surface area contributed by atoms with Gasteiger partial charge in [-0.05, 0) is 20.8 Å². The van der Waals surface area contributed by atoms with Crippen molar-refractivity contribution in [3.8, 4) is 0 Å². The van der Waals surface area contributed by atoms with E-state index in [9.17, 15) is 18.5 Å². The summed E-state index contributed by atoms with van der Waals surface area (Å²) in [4.78, 5) is 21.8. The summed E-state index contributed by atoms with van der Waals surface area (Å²) in [6, 6.07) is -1.49. The third-order valence-corrected chi connectivity index (χ3v) is 1.93. The fourth-order valence-electron chi connectivity index (χ4n) is 1.25. The monoisotopic (exact) mass is 249 g/mol. The Labute approximate surface area is 96.5 Å². The fraction of sp³-hybridized carbons (Fsp3) is 0.778. The minimum Gasteiger partial charge on any atom is -0.455 e. The number of carbonyl (C=O) groups is 1. The Morgan fingerprint density at radius 3 is 2.53 bits per heavy atom. The van der Waals surface area contributed by atoms with Gasteiger partial charge in [-0.2, -0.15) is 0 Å². The fourth-order valence-corrected chi connectivity index (χ4v) is 1.25. The lowest BCUT2D eigenvalue weighted by Crippen LogP contribution is -2.31. The molecular weight excluding hydrogens is 236 g/mol. The molecule has 8 heteroatoms. The summed E-state index contributed by atoms with van der Waals surface area (Å²) in [5.41, 5.74) is -0.966. The number of rotatable bonds is 3. The van der Waals surface area contributed by atoms with E-state index in [1.807, 2.05) is 0 Å². The van der Waals surface area contributed by atoms with Crippen molar-refractivity contribution in [1.29, 1.82) is 0 Å². The van der Waals surface area contributed by atoms with Gasteiger partial charge >= 0.3 is 5.97 Å². The second kappa shape index (κ2) is 4.72. The minimum atomic E-state index is -2.81. The predicted molar refractivity (Wildman–Crippen MR) is 55.3 cm³/mol. The zero-order chi connectivity index (χ0) is 13.2. The first-order chi connectivity index (χ1) is 7.74. The van der Waals surface area contributed by atoms with Gasteiger partial charge < -0.3 is 4.74 Å². The average Bonchev–Trinajstić information content (AvgIpc) is 2.58. The van der Waals surface area contributed by atoms with Gasteiger partial charge in [-0.1, -0.05) is 0 Å². The number of esters is 1. The van der Waals surface area contributed by atoms with Crippen LogP contribution in [0.15, 0.2) is 10.4 Å². The van der Waals surface area contributed by atoms with Gasteiger partial charge in [0.05, 0.1) is 5.29 Å². The zero-order valence-corrected chi connectivity index (χ0v) is 9.68. The second-order valence-corrected chi connectivity index (χ2v) is 4.56. The van der Waals surface area contributed by atoms with E-state index in [4.69, 9.17) is 4.74 Å². The third-order valence-electron chi connectivity index (χ3n) is 1.93. The van der Waals surface area contributed by atoms with Crippen LogP contribution in [0.4, 0.5) is 8.78 Å². The third kappa shape index (κ3) is 3.43. The van der Waals surface area contributed by atoms with Crippen molar-refractivity contribution >= 4 is 11.7 Å². The van der Waals surface area contributed by atoms with E-state index in [0.29, 0.717) is 5.12 Å². The van der Waals surface area contributed by atoms with Crippen LogP contribution in [-0.4, -0.2) is 34.9 Å². The molecule has 1 aliphatic heterocycles. The number of hydrogen-bond acceptors (Lipinski definition) is 5. The summed E-state index contributed by atoms with van der Waals surface area (Å²) in [6.45, 7) is 4.92. The zero-order valence-electron chi connectivity index (χ0n) is 9.68. The molecule has 0 aliphatic carbocycles. The number of ether oxygens (including phenoxy) is 1. The van der Waals surface area contributed by atoms with Gasteiger partial charge in [-0.3, -0.25) is 0 Å². The van der Waals surface area contributed by atoms with Gasteiger partial charge in [0.25, 0.3) is 6.43 Å². The molecule has 0 amide bonds. The average molecular weight is 249 g/mol. The summed E-state index contributed by atoms with van der Waals surface area (Å²) in [6.07, 6.45) is -3.16. The Morgan fingerprint density at radius 1 is 1.59 bits per heavy atom. The molecule has 0 fully saturated rings. The molecule has 1 rings (SSSR count). The Morgan fingerprint density at radius 2 is 2.18 bits per heavy atom. The van der Waals surface area contributed by atoms with Crippen LogP contribution >= 0.6 is 0 Å². The van der Waals surface area contributed by atoms with Crippen molar-refractivity contribution < 1.29 is 18.3 Å². The standard InChI is InChI=1S/C9H13F2N3O3/c1-9(2,3)17-8(15)5-4-6(7(10)11)14(12-5)13-16/h6-7H,4H2,1-3H3. The molecular formula is C9H13F2N3O3.